The fraction of sp³-hybridized carbons (Fsp3) is 0.222. The number of carbonyl (C=O) groups is 2. The van der Waals surface area contributed by atoms with E-state index in [-0.39, 0.29) is 6.54 Å². The number of pyridine rings is 1. The summed E-state index contributed by atoms with van der Waals surface area (Å²) in [6, 6.07) is 2.97. The average Bonchev–Trinajstić information content (AvgIpc) is 2.25. The molecule has 0 aliphatic rings. The lowest BCUT2D eigenvalue weighted by Gasteiger charge is -2.07. The molecule has 0 bridgehead atoms. The summed E-state index contributed by atoms with van der Waals surface area (Å²) in [7, 11) is 0. The summed E-state index contributed by atoms with van der Waals surface area (Å²) in [5, 5.41) is 19.6. The lowest BCUT2D eigenvalue weighted by atomic mass is 10.2. The van der Waals surface area contributed by atoms with E-state index >= 15 is 0 Å². The van der Waals surface area contributed by atoms with Crippen LogP contribution in [0.2, 0.25) is 0 Å². The number of nitrogens with one attached hydrogen (secondary N) is 1. The largest absolute Gasteiger partial charge is 0.479 e. The van der Waals surface area contributed by atoms with E-state index in [0.717, 1.165) is 0 Å². The molecule has 3 N–H and O–H groups in total. The van der Waals surface area contributed by atoms with E-state index in [0.29, 0.717) is 10.2 Å². The molecule has 1 aromatic heterocycles. The van der Waals surface area contributed by atoms with E-state index in [1.165, 1.54) is 18.3 Å². The van der Waals surface area contributed by atoms with Crippen LogP contribution in [0.5, 0.6) is 0 Å². The first-order valence-corrected chi connectivity index (χ1v) is 5.10. The van der Waals surface area contributed by atoms with Crippen molar-refractivity contribution in [3.63, 3.8) is 0 Å². The van der Waals surface area contributed by atoms with Crippen molar-refractivity contribution in [3.05, 3.63) is 28.5 Å². The van der Waals surface area contributed by atoms with Crippen molar-refractivity contribution in [2.45, 2.75) is 6.10 Å². The zero-order chi connectivity index (χ0) is 12.1. The maximum absolute atomic E-state index is 11.5. The maximum atomic E-state index is 11.5. The molecule has 1 heterocycles. The van der Waals surface area contributed by atoms with Gasteiger partial charge >= 0.3 is 5.97 Å². The number of hydrogen-bond donors (Lipinski definition) is 3. The van der Waals surface area contributed by atoms with Gasteiger partial charge in [0.05, 0.1) is 6.54 Å². The van der Waals surface area contributed by atoms with Gasteiger partial charge < -0.3 is 15.5 Å². The van der Waals surface area contributed by atoms with E-state index in [1.807, 2.05) is 0 Å². The molecule has 0 spiro atoms. The topological polar surface area (TPSA) is 99.5 Å². The molecular weight excluding hydrogens is 280 g/mol. The number of halogens is 1. The number of aliphatic hydroxyl groups excluding tert-OH is 1. The summed E-state index contributed by atoms with van der Waals surface area (Å²) in [6.45, 7) is -0.339. The number of hydrogen-bond acceptors (Lipinski definition) is 4. The smallest absolute Gasteiger partial charge is 0.334 e. The average molecular weight is 289 g/mol. The van der Waals surface area contributed by atoms with Crippen molar-refractivity contribution in [2.75, 3.05) is 6.54 Å². The molecule has 1 aromatic rings. The fourth-order valence-corrected chi connectivity index (χ4v) is 1.29. The number of amides is 1. The molecule has 7 heteroatoms. The second-order valence-electron chi connectivity index (χ2n) is 2.93. The molecule has 1 rings (SSSR count). The second-order valence-corrected chi connectivity index (χ2v) is 3.74. The van der Waals surface area contributed by atoms with Crippen LogP contribution >= 0.6 is 15.9 Å². The van der Waals surface area contributed by atoms with Crippen molar-refractivity contribution in [2.24, 2.45) is 0 Å². The first-order chi connectivity index (χ1) is 7.50. The monoisotopic (exact) mass is 288 g/mol. The highest BCUT2D eigenvalue weighted by Gasteiger charge is 2.14. The Hall–Kier alpha value is -1.47. The molecule has 0 radical (unpaired) electrons. The quantitative estimate of drug-likeness (QED) is 0.679. The molecule has 0 aromatic carbocycles. The fourth-order valence-electron chi connectivity index (χ4n) is 0.922. The van der Waals surface area contributed by atoms with Crippen molar-refractivity contribution < 1.29 is 19.8 Å². The van der Waals surface area contributed by atoms with Crippen LogP contribution in [0.3, 0.4) is 0 Å². The normalized spacial score (nSPS) is 11.9. The Morgan fingerprint density at radius 3 is 2.81 bits per heavy atom. The van der Waals surface area contributed by atoms with E-state index in [1.54, 1.807) is 0 Å². The number of carboxylic acids is 1. The van der Waals surface area contributed by atoms with E-state index < -0.39 is 18.0 Å². The van der Waals surface area contributed by atoms with Gasteiger partial charge in [-0.25, -0.2) is 9.78 Å². The standard InChI is InChI=1S/C9H9BrN2O4/c10-7-3-5(1-2-11-7)8(14)12-4-6(13)9(15)16/h1-3,6,13H,4H2,(H,12,14)(H,15,16)/t6-/m0/s1. The number of aliphatic carboxylic acids is 1. The molecule has 1 amide bonds. The Balaban J connectivity index is 2.56. The molecule has 0 unspecified atom stereocenters. The van der Waals surface area contributed by atoms with Gasteiger partial charge in [-0.2, -0.15) is 0 Å². The van der Waals surface area contributed by atoms with Gasteiger partial charge in [-0.1, -0.05) is 0 Å². The Morgan fingerprint density at radius 1 is 1.56 bits per heavy atom. The van der Waals surface area contributed by atoms with Crippen LogP contribution in [-0.4, -0.2) is 39.7 Å². The maximum Gasteiger partial charge on any atom is 0.334 e. The van der Waals surface area contributed by atoms with Crippen LogP contribution in [0, 0.1) is 0 Å². The molecule has 0 aliphatic heterocycles. The minimum absolute atomic E-state index is 0.333. The Labute approximate surface area is 99.4 Å². The summed E-state index contributed by atoms with van der Waals surface area (Å²) < 4.78 is 0.499. The Kier molecular flexibility index (Phi) is 4.39. The number of nitrogens with zero attached hydrogens (tertiary/aromatic N) is 1. The third-order valence-corrected chi connectivity index (χ3v) is 2.16. The molecule has 86 valence electrons. The zero-order valence-electron chi connectivity index (χ0n) is 8.05. The molecule has 0 saturated heterocycles. The third-order valence-electron chi connectivity index (χ3n) is 1.73. The lowest BCUT2D eigenvalue weighted by molar-refractivity contribution is -0.146. The van der Waals surface area contributed by atoms with Gasteiger partial charge in [-0.15, -0.1) is 0 Å². The summed E-state index contributed by atoms with van der Waals surface area (Å²) in [6.07, 6.45) is -0.165. The first-order valence-electron chi connectivity index (χ1n) is 4.31. The molecule has 0 fully saturated rings. The highest BCUT2D eigenvalue weighted by molar-refractivity contribution is 9.10. The minimum atomic E-state index is -1.60. The van der Waals surface area contributed by atoms with Gasteiger partial charge in [-0.3, -0.25) is 4.79 Å². The van der Waals surface area contributed by atoms with Crippen molar-refractivity contribution in [3.8, 4) is 0 Å². The van der Waals surface area contributed by atoms with E-state index in [4.69, 9.17) is 10.2 Å². The van der Waals surface area contributed by atoms with E-state index in [9.17, 15) is 9.59 Å². The minimum Gasteiger partial charge on any atom is -0.479 e. The third kappa shape index (κ3) is 3.59. The van der Waals surface area contributed by atoms with Crippen molar-refractivity contribution >= 4 is 27.8 Å². The van der Waals surface area contributed by atoms with Crippen LogP contribution in [0.1, 0.15) is 10.4 Å². The SMILES string of the molecule is O=C(NC[C@H](O)C(=O)O)c1ccnc(Br)c1. The van der Waals surface area contributed by atoms with E-state index in [2.05, 4.69) is 26.2 Å². The molecule has 6 nitrogen and oxygen atoms in total. The first kappa shape index (κ1) is 12.6. The molecule has 0 saturated carbocycles. The van der Waals surface area contributed by atoms with Crippen LogP contribution in [-0.2, 0) is 4.79 Å². The van der Waals surface area contributed by atoms with Gasteiger partial charge in [0.15, 0.2) is 6.10 Å². The lowest BCUT2D eigenvalue weighted by Crippen LogP contribution is -2.36. The summed E-state index contributed by atoms with van der Waals surface area (Å²) >= 11 is 3.10. The van der Waals surface area contributed by atoms with Crippen LogP contribution in [0.4, 0.5) is 0 Å². The molecule has 1 atom stereocenters. The zero-order valence-corrected chi connectivity index (χ0v) is 9.64. The molecule has 0 aliphatic carbocycles. The summed E-state index contributed by atoms with van der Waals surface area (Å²) in [5.41, 5.74) is 0.333. The number of carbonyl (C=O) groups excluding carboxylic acids is 1. The predicted molar refractivity (Wildman–Crippen MR) is 57.9 cm³/mol. The summed E-state index contributed by atoms with van der Waals surface area (Å²) in [4.78, 5) is 25.6. The van der Waals surface area contributed by atoms with Crippen LogP contribution in [0.15, 0.2) is 22.9 Å². The van der Waals surface area contributed by atoms with Crippen molar-refractivity contribution in [1.29, 1.82) is 0 Å². The highest BCUT2D eigenvalue weighted by Crippen LogP contribution is 2.07. The van der Waals surface area contributed by atoms with Gasteiger partial charge in [0, 0.05) is 11.8 Å². The molecular formula is C9H9BrN2O4. The van der Waals surface area contributed by atoms with Gasteiger partial charge in [0.2, 0.25) is 0 Å². The summed E-state index contributed by atoms with van der Waals surface area (Å²) in [5.74, 6) is -1.85. The second kappa shape index (κ2) is 5.57. The number of aliphatic hydroxyl groups is 1. The highest BCUT2D eigenvalue weighted by atomic mass is 79.9. The van der Waals surface area contributed by atoms with Crippen LogP contribution < -0.4 is 5.32 Å². The van der Waals surface area contributed by atoms with Crippen molar-refractivity contribution in [1.82, 2.24) is 10.3 Å². The predicted octanol–water partition coefficient (Wildman–Crippen LogP) is 0.0194. The van der Waals surface area contributed by atoms with Gasteiger partial charge in [-0.05, 0) is 28.1 Å². The Bertz CT molecular complexity index is 410. The Morgan fingerprint density at radius 2 is 2.25 bits per heavy atom. The molecule has 16 heavy (non-hydrogen) atoms. The number of carboxylic acid groups (broad SMARTS) is 1. The van der Waals surface area contributed by atoms with Crippen LogP contribution in [0.25, 0.3) is 0 Å². The number of aromatic nitrogens is 1. The van der Waals surface area contributed by atoms with Gasteiger partial charge in [0.25, 0.3) is 5.91 Å². The number of rotatable bonds is 4. The van der Waals surface area contributed by atoms with Gasteiger partial charge in [0.1, 0.15) is 4.60 Å².